The Hall–Kier alpha value is -3.89. The third-order valence-corrected chi connectivity index (χ3v) is 7.79. The van der Waals surface area contributed by atoms with E-state index in [0.717, 1.165) is 0 Å². The van der Waals surface area contributed by atoms with E-state index in [1.807, 2.05) is 0 Å². The molecule has 1 saturated heterocycles. The van der Waals surface area contributed by atoms with Crippen molar-refractivity contribution in [3.05, 3.63) is 60.5 Å². The van der Waals surface area contributed by atoms with Gasteiger partial charge in [0.05, 0.1) is 19.7 Å². The number of likely N-dealkylation sites (tertiary alicyclic amines) is 1. The van der Waals surface area contributed by atoms with Crippen LogP contribution in [-0.2, 0) is 36.9 Å². The quantitative estimate of drug-likeness (QED) is 0.282. The summed E-state index contributed by atoms with van der Waals surface area (Å²) in [7, 11) is 1.22. The number of halogens is 1. The third-order valence-electron chi connectivity index (χ3n) is 7.79. The standard InChI is InChI=1S/C30H38FN3O7/c1-7-9-13-22-24(40-28(38)33-16-18-11-10-12-21(31)20(18)17-33)14-23(25(35)39-6)34(22)26(36)30(15-19(30)8-2)32-27(37)41-29(3,4)5/h7-8,10-12,19,22-24H,1-2,9,13-17H2,3-6H3,(H,32,37)/t19?,22-,23-,24+,30?/m0/s1. The Morgan fingerprint density at radius 1 is 1.20 bits per heavy atom. The molecular formula is C30H38FN3O7. The number of esters is 1. The zero-order valence-electron chi connectivity index (χ0n) is 24.0. The minimum absolute atomic E-state index is 0.00237. The molecule has 1 aliphatic carbocycles. The Labute approximate surface area is 239 Å². The van der Waals surface area contributed by atoms with Gasteiger partial charge in [-0.3, -0.25) is 9.69 Å². The molecule has 0 aromatic heterocycles. The van der Waals surface area contributed by atoms with Crippen LogP contribution >= 0.6 is 0 Å². The van der Waals surface area contributed by atoms with Crippen LogP contribution in [0.25, 0.3) is 0 Å². The average molecular weight is 572 g/mol. The second-order valence-electron chi connectivity index (χ2n) is 11.7. The van der Waals surface area contributed by atoms with E-state index in [-0.39, 0.29) is 31.8 Å². The number of carbonyl (C=O) groups excluding carboxylic acids is 4. The van der Waals surface area contributed by atoms with E-state index in [2.05, 4.69) is 18.5 Å². The Morgan fingerprint density at radius 2 is 1.93 bits per heavy atom. The third kappa shape index (κ3) is 6.08. The molecule has 2 heterocycles. The van der Waals surface area contributed by atoms with Crippen molar-refractivity contribution in [1.82, 2.24) is 15.1 Å². The number of methoxy groups -OCH3 is 1. The van der Waals surface area contributed by atoms with Crippen molar-refractivity contribution in [2.45, 2.75) is 88.9 Å². The predicted molar refractivity (Wildman–Crippen MR) is 147 cm³/mol. The molecule has 0 spiro atoms. The second-order valence-corrected chi connectivity index (χ2v) is 11.7. The fourth-order valence-electron chi connectivity index (χ4n) is 5.72. The van der Waals surface area contributed by atoms with Crippen LogP contribution in [0, 0.1) is 11.7 Å². The van der Waals surface area contributed by atoms with Gasteiger partial charge in [0.15, 0.2) is 0 Å². The first-order valence-corrected chi connectivity index (χ1v) is 13.7. The van der Waals surface area contributed by atoms with Crippen molar-refractivity contribution in [1.29, 1.82) is 0 Å². The Balaban J connectivity index is 1.60. The van der Waals surface area contributed by atoms with Crippen LogP contribution in [0.5, 0.6) is 0 Å². The highest BCUT2D eigenvalue weighted by atomic mass is 19.1. The van der Waals surface area contributed by atoms with Gasteiger partial charge in [0.1, 0.15) is 29.1 Å². The minimum atomic E-state index is -1.37. The van der Waals surface area contributed by atoms with Crippen molar-refractivity contribution in [3.63, 3.8) is 0 Å². The zero-order chi connectivity index (χ0) is 30.1. The van der Waals surface area contributed by atoms with Crippen LogP contribution in [0.4, 0.5) is 14.0 Å². The highest BCUT2D eigenvalue weighted by molar-refractivity contribution is 5.97. The molecule has 3 aliphatic rings. The summed E-state index contributed by atoms with van der Waals surface area (Å²) >= 11 is 0. The highest BCUT2D eigenvalue weighted by Crippen LogP contribution is 2.48. The van der Waals surface area contributed by atoms with Crippen LogP contribution < -0.4 is 5.32 Å². The number of allylic oxidation sites excluding steroid dienone is 1. The summed E-state index contributed by atoms with van der Waals surface area (Å²) in [6.45, 7) is 12.9. The fourth-order valence-corrected chi connectivity index (χ4v) is 5.72. The molecule has 3 amide bonds. The number of nitrogens with zero attached hydrogens (tertiary/aromatic N) is 2. The molecule has 0 bridgehead atoms. The van der Waals surface area contributed by atoms with E-state index in [9.17, 15) is 23.6 Å². The number of alkyl carbamates (subject to hydrolysis) is 1. The topological polar surface area (TPSA) is 114 Å². The van der Waals surface area contributed by atoms with Crippen molar-refractivity contribution in [2.24, 2.45) is 5.92 Å². The molecule has 4 rings (SSSR count). The lowest BCUT2D eigenvalue weighted by molar-refractivity contribution is -0.153. The fraction of sp³-hybridized carbons (Fsp3) is 0.533. The molecule has 2 unspecified atom stereocenters. The number of rotatable bonds is 8. The molecule has 11 heteroatoms. The molecular weight excluding hydrogens is 533 g/mol. The molecule has 1 aromatic carbocycles. The van der Waals surface area contributed by atoms with Gasteiger partial charge in [-0.05, 0) is 51.7 Å². The lowest BCUT2D eigenvalue weighted by atomic mass is 10.0. The number of hydrogen-bond donors (Lipinski definition) is 1. The van der Waals surface area contributed by atoms with Gasteiger partial charge >= 0.3 is 18.2 Å². The molecule has 41 heavy (non-hydrogen) atoms. The molecule has 2 fully saturated rings. The SMILES string of the molecule is C=CCC[C@H]1[C@H](OC(=O)N2Cc3cccc(F)c3C2)C[C@@H](C(=O)OC)N1C(=O)C1(NC(=O)OC(C)(C)C)CC1C=C. The van der Waals surface area contributed by atoms with Crippen LogP contribution in [0.15, 0.2) is 43.5 Å². The summed E-state index contributed by atoms with van der Waals surface area (Å²) < 4.78 is 30.6. The number of carbonyl (C=O) groups is 4. The van der Waals surface area contributed by atoms with Gasteiger partial charge in [-0.15, -0.1) is 13.2 Å². The van der Waals surface area contributed by atoms with Crippen LogP contribution in [0.2, 0.25) is 0 Å². The summed E-state index contributed by atoms with van der Waals surface area (Å²) in [5, 5.41) is 2.72. The summed E-state index contributed by atoms with van der Waals surface area (Å²) in [6, 6.07) is 2.92. The lowest BCUT2D eigenvalue weighted by Gasteiger charge is -2.34. The minimum Gasteiger partial charge on any atom is -0.467 e. The maximum Gasteiger partial charge on any atom is 0.410 e. The molecule has 5 atom stereocenters. The van der Waals surface area contributed by atoms with Gasteiger partial charge in [-0.1, -0.05) is 24.3 Å². The first-order chi connectivity index (χ1) is 19.3. The first-order valence-electron chi connectivity index (χ1n) is 13.7. The second kappa shape index (κ2) is 11.5. The van der Waals surface area contributed by atoms with Crippen LogP contribution in [-0.4, -0.2) is 70.3 Å². The number of hydrogen-bond acceptors (Lipinski definition) is 7. The van der Waals surface area contributed by atoms with Crippen LogP contribution in [0.1, 0.15) is 57.6 Å². The van der Waals surface area contributed by atoms with Gasteiger partial charge in [0.25, 0.3) is 0 Å². The smallest absolute Gasteiger partial charge is 0.410 e. The number of amides is 3. The van der Waals surface area contributed by atoms with E-state index in [0.29, 0.717) is 24.0 Å². The van der Waals surface area contributed by atoms with Gasteiger partial charge in [-0.2, -0.15) is 0 Å². The zero-order valence-corrected chi connectivity index (χ0v) is 24.0. The van der Waals surface area contributed by atoms with Gasteiger partial charge in [-0.25, -0.2) is 18.8 Å². The predicted octanol–water partition coefficient (Wildman–Crippen LogP) is 4.22. The summed E-state index contributed by atoms with van der Waals surface area (Å²) in [5.41, 5.74) is -1.03. The maximum absolute atomic E-state index is 14.3. The molecule has 2 aliphatic heterocycles. The van der Waals surface area contributed by atoms with E-state index < -0.39 is 59.2 Å². The molecule has 222 valence electrons. The molecule has 10 nitrogen and oxygen atoms in total. The number of ether oxygens (including phenoxy) is 3. The lowest BCUT2D eigenvalue weighted by Crippen LogP contribution is -2.58. The molecule has 1 saturated carbocycles. The van der Waals surface area contributed by atoms with Crippen LogP contribution in [0.3, 0.4) is 0 Å². The molecule has 1 N–H and O–H groups in total. The van der Waals surface area contributed by atoms with Gasteiger partial charge in [0.2, 0.25) is 5.91 Å². The van der Waals surface area contributed by atoms with E-state index in [4.69, 9.17) is 14.2 Å². The largest absolute Gasteiger partial charge is 0.467 e. The van der Waals surface area contributed by atoms with Gasteiger partial charge in [0, 0.05) is 24.4 Å². The number of nitrogens with one attached hydrogen (secondary N) is 1. The van der Waals surface area contributed by atoms with E-state index in [1.165, 1.54) is 23.0 Å². The van der Waals surface area contributed by atoms with E-state index in [1.54, 1.807) is 45.1 Å². The normalized spacial score (nSPS) is 26.6. The Morgan fingerprint density at radius 3 is 2.51 bits per heavy atom. The summed E-state index contributed by atoms with van der Waals surface area (Å²) in [4.78, 5) is 56.0. The van der Waals surface area contributed by atoms with Gasteiger partial charge < -0.3 is 24.4 Å². The summed E-state index contributed by atoms with van der Waals surface area (Å²) in [5.74, 6) is -1.96. The number of benzene rings is 1. The average Bonchev–Trinajstić information content (AvgIpc) is 3.25. The number of fused-ring (bicyclic) bond motifs is 1. The van der Waals surface area contributed by atoms with Crippen molar-refractivity contribution in [3.8, 4) is 0 Å². The molecule has 0 radical (unpaired) electrons. The van der Waals surface area contributed by atoms with E-state index >= 15 is 0 Å². The summed E-state index contributed by atoms with van der Waals surface area (Å²) in [6.07, 6.45) is 2.04. The highest BCUT2D eigenvalue weighted by Gasteiger charge is 2.65. The monoisotopic (exact) mass is 571 g/mol. The first kappa shape index (κ1) is 30.1. The van der Waals surface area contributed by atoms with Crippen molar-refractivity contribution in [2.75, 3.05) is 7.11 Å². The Bertz CT molecular complexity index is 1240. The van der Waals surface area contributed by atoms with Crippen molar-refractivity contribution >= 4 is 24.1 Å². The molecule has 1 aromatic rings. The Kier molecular flexibility index (Phi) is 8.46. The van der Waals surface area contributed by atoms with Crippen molar-refractivity contribution < 1.29 is 37.8 Å². The maximum atomic E-state index is 14.3.